The Hall–Kier alpha value is -1.12. The molecule has 0 radical (unpaired) electrons. The summed E-state index contributed by atoms with van der Waals surface area (Å²) in [6, 6.07) is 6.51. The molecule has 1 aromatic rings. The molecule has 0 aromatic heterocycles. The van der Waals surface area contributed by atoms with Crippen LogP contribution in [0.25, 0.3) is 0 Å². The van der Waals surface area contributed by atoms with E-state index in [1.54, 1.807) is 45.0 Å². The van der Waals surface area contributed by atoms with Gasteiger partial charge in [-0.15, -0.1) is 0 Å². The molecule has 8 heteroatoms. The number of nitrogens with zero attached hydrogens (tertiary/aromatic N) is 1. The number of carbonyl (C=O) groups excluding carboxylic acids is 1. The highest BCUT2D eigenvalue weighted by molar-refractivity contribution is 9.10. The molecule has 0 spiro atoms. The molecule has 25 heavy (non-hydrogen) atoms. The molecule has 1 unspecified atom stereocenters. The molecular formula is C17H25BrN2O4S. The highest BCUT2D eigenvalue weighted by atomic mass is 79.9. The van der Waals surface area contributed by atoms with Crippen molar-refractivity contribution in [1.82, 2.24) is 9.62 Å². The summed E-state index contributed by atoms with van der Waals surface area (Å²) in [5.41, 5.74) is -0.586. The number of amides is 1. The third-order valence-corrected chi connectivity index (χ3v) is 6.84. The monoisotopic (exact) mass is 432 g/mol. The van der Waals surface area contributed by atoms with Gasteiger partial charge in [-0.25, -0.2) is 13.2 Å². The van der Waals surface area contributed by atoms with Crippen molar-refractivity contribution in [2.45, 2.75) is 56.6 Å². The van der Waals surface area contributed by atoms with Gasteiger partial charge in [0.1, 0.15) is 5.60 Å². The van der Waals surface area contributed by atoms with Gasteiger partial charge in [0, 0.05) is 23.6 Å². The average Bonchev–Trinajstić information content (AvgIpc) is 2.52. The Kier molecular flexibility index (Phi) is 6.51. The Labute approximate surface area is 158 Å². The van der Waals surface area contributed by atoms with Crippen molar-refractivity contribution in [2.24, 2.45) is 0 Å². The van der Waals surface area contributed by atoms with Crippen molar-refractivity contribution in [1.29, 1.82) is 0 Å². The molecule has 6 nitrogen and oxygen atoms in total. The van der Waals surface area contributed by atoms with E-state index in [1.807, 2.05) is 0 Å². The van der Waals surface area contributed by atoms with Gasteiger partial charge in [0.15, 0.2) is 0 Å². The second kappa shape index (κ2) is 8.05. The predicted molar refractivity (Wildman–Crippen MR) is 99.9 cm³/mol. The summed E-state index contributed by atoms with van der Waals surface area (Å²) < 4.78 is 33.4. The Balaban J connectivity index is 2.13. The van der Waals surface area contributed by atoms with Crippen LogP contribution in [0.15, 0.2) is 33.6 Å². The topological polar surface area (TPSA) is 75.7 Å². The van der Waals surface area contributed by atoms with E-state index < -0.39 is 21.7 Å². The summed E-state index contributed by atoms with van der Waals surface area (Å²) in [5.74, 6) is 0. The molecule has 1 aromatic carbocycles. The van der Waals surface area contributed by atoms with Gasteiger partial charge in [-0.05, 0) is 61.7 Å². The zero-order chi connectivity index (χ0) is 18.7. The molecule has 0 bridgehead atoms. The summed E-state index contributed by atoms with van der Waals surface area (Å²) in [4.78, 5) is 12.1. The first-order chi connectivity index (χ1) is 11.6. The minimum Gasteiger partial charge on any atom is -0.444 e. The van der Waals surface area contributed by atoms with Crippen LogP contribution < -0.4 is 5.32 Å². The number of nitrogens with one attached hydrogen (secondary N) is 1. The first-order valence-electron chi connectivity index (χ1n) is 8.34. The lowest BCUT2D eigenvalue weighted by Gasteiger charge is -2.35. The van der Waals surface area contributed by atoms with Crippen molar-refractivity contribution in [3.8, 4) is 0 Å². The zero-order valence-corrected chi connectivity index (χ0v) is 17.2. The molecule has 1 atom stereocenters. The minimum absolute atomic E-state index is 0.235. The fraction of sp³-hybridized carbons (Fsp3) is 0.588. The van der Waals surface area contributed by atoms with Crippen LogP contribution in [-0.2, 0) is 14.8 Å². The maximum Gasteiger partial charge on any atom is 0.407 e. The van der Waals surface area contributed by atoms with Crippen LogP contribution in [0.3, 0.4) is 0 Å². The smallest absolute Gasteiger partial charge is 0.407 e. The number of hydrogen-bond acceptors (Lipinski definition) is 4. The fourth-order valence-corrected chi connectivity index (χ4v) is 5.45. The van der Waals surface area contributed by atoms with Crippen molar-refractivity contribution < 1.29 is 17.9 Å². The highest BCUT2D eigenvalue weighted by Crippen LogP contribution is 2.29. The van der Waals surface area contributed by atoms with Crippen molar-refractivity contribution in [3.63, 3.8) is 0 Å². The number of alkyl carbamates (subject to hydrolysis) is 1. The average molecular weight is 433 g/mol. The number of carbonyl (C=O) groups is 1. The van der Waals surface area contributed by atoms with Crippen molar-refractivity contribution >= 4 is 32.0 Å². The van der Waals surface area contributed by atoms with Crippen molar-refractivity contribution in [3.05, 3.63) is 28.7 Å². The maximum atomic E-state index is 13.0. The van der Waals surface area contributed by atoms with Gasteiger partial charge < -0.3 is 10.1 Å². The SMILES string of the molecule is CC(C)(C)OC(=O)NCC1CCCCN1S(=O)(=O)c1ccccc1Br. The van der Waals surface area contributed by atoms with E-state index in [2.05, 4.69) is 21.2 Å². The Morgan fingerprint density at radius 2 is 2.00 bits per heavy atom. The zero-order valence-electron chi connectivity index (χ0n) is 14.8. The lowest BCUT2D eigenvalue weighted by Crippen LogP contribution is -2.49. The third-order valence-electron chi connectivity index (χ3n) is 3.88. The van der Waals surface area contributed by atoms with Crippen LogP contribution in [0.2, 0.25) is 0 Å². The highest BCUT2D eigenvalue weighted by Gasteiger charge is 2.34. The molecule has 0 aliphatic carbocycles. The van der Waals surface area contributed by atoms with Crippen LogP contribution >= 0.6 is 15.9 Å². The summed E-state index contributed by atoms with van der Waals surface area (Å²) in [7, 11) is -3.63. The minimum atomic E-state index is -3.63. The van der Waals surface area contributed by atoms with Crippen LogP contribution in [0.1, 0.15) is 40.0 Å². The molecular weight excluding hydrogens is 408 g/mol. The van der Waals surface area contributed by atoms with Gasteiger partial charge in [0.25, 0.3) is 0 Å². The molecule has 140 valence electrons. The Bertz CT molecular complexity index is 716. The summed E-state index contributed by atoms with van der Waals surface area (Å²) in [5, 5.41) is 2.70. The van der Waals surface area contributed by atoms with Gasteiger partial charge in [0.05, 0.1) is 4.90 Å². The molecule has 1 amide bonds. The molecule has 1 heterocycles. The number of rotatable bonds is 4. The van der Waals surface area contributed by atoms with Gasteiger partial charge >= 0.3 is 6.09 Å². The molecule has 0 saturated carbocycles. The normalized spacial score (nSPS) is 19.4. The van der Waals surface area contributed by atoms with E-state index >= 15 is 0 Å². The van der Waals surface area contributed by atoms with Crippen LogP contribution in [-0.4, -0.2) is 43.5 Å². The summed E-state index contributed by atoms with van der Waals surface area (Å²) in [6.07, 6.45) is 1.92. The molecule has 1 fully saturated rings. The van der Waals surface area contributed by atoms with E-state index in [9.17, 15) is 13.2 Å². The van der Waals surface area contributed by atoms with E-state index in [0.29, 0.717) is 17.4 Å². The van der Waals surface area contributed by atoms with Crippen molar-refractivity contribution in [2.75, 3.05) is 13.1 Å². The van der Waals surface area contributed by atoms with Gasteiger partial charge in [-0.2, -0.15) is 4.31 Å². The first-order valence-corrected chi connectivity index (χ1v) is 10.6. The molecule has 1 saturated heterocycles. The van der Waals surface area contributed by atoms with Crippen LogP contribution in [0, 0.1) is 0 Å². The lowest BCUT2D eigenvalue weighted by atomic mass is 10.1. The predicted octanol–water partition coefficient (Wildman–Crippen LogP) is 3.52. The summed E-state index contributed by atoms with van der Waals surface area (Å²) >= 11 is 3.32. The van der Waals surface area contributed by atoms with Crippen LogP contribution in [0.5, 0.6) is 0 Å². The van der Waals surface area contributed by atoms with E-state index in [4.69, 9.17) is 4.74 Å². The fourth-order valence-electron chi connectivity index (χ4n) is 2.79. The molecule has 1 N–H and O–H groups in total. The maximum absolute atomic E-state index is 13.0. The van der Waals surface area contributed by atoms with Gasteiger partial charge in [0.2, 0.25) is 10.0 Å². The standard InChI is InChI=1S/C17H25BrN2O4S/c1-17(2,3)24-16(21)19-12-13-8-6-7-11-20(13)25(22,23)15-10-5-4-9-14(15)18/h4-5,9-10,13H,6-8,11-12H2,1-3H3,(H,19,21). The number of sulfonamides is 1. The number of piperidine rings is 1. The molecule has 1 aliphatic heterocycles. The molecule has 1 aliphatic rings. The van der Waals surface area contributed by atoms with E-state index in [-0.39, 0.29) is 17.5 Å². The Morgan fingerprint density at radius 1 is 1.32 bits per heavy atom. The first kappa shape index (κ1) is 20.2. The second-order valence-corrected chi connectivity index (χ2v) is 9.79. The van der Waals surface area contributed by atoms with E-state index in [0.717, 1.165) is 12.8 Å². The molecule has 2 rings (SSSR count). The third kappa shape index (κ3) is 5.43. The van der Waals surface area contributed by atoms with Crippen LogP contribution in [0.4, 0.5) is 4.79 Å². The second-order valence-electron chi connectivity index (χ2n) is 7.08. The number of benzene rings is 1. The van der Waals surface area contributed by atoms with Gasteiger partial charge in [-0.3, -0.25) is 0 Å². The number of hydrogen-bond donors (Lipinski definition) is 1. The Morgan fingerprint density at radius 3 is 2.64 bits per heavy atom. The lowest BCUT2D eigenvalue weighted by molar-refractivity contribution is 0.0512. The number of halogens is 1. The quantitative estimate of drug-likeness (QED) is 0.789. The number of ether oxygens (including phenoxy) is 1. The largest absolute Gasteiger partial charge is 0.444 e. The van der Waals surface area contributed by atoms with Gasteiger partial charge in [-0.1, -0.05) is 18.6 Å². The summed E-state index contributed by atoms with van der Waals surface area (Å²) in [6.45, 7) is 6.05. The van der Waals surface area contributed by atoms with E-state index in [1.165, 1.54) is 4.31 Å².